The van der Waals surface area contributed by atoms with Crippen LogP contribution in [0.5, 0.6) is 0 Å². The molecule has 0 N–H and O–H groups in total. The van der Waals surface area contributed by atoms with E-state index in [2.05, 4.69) is 37.5 Å². The molecular weight excluding hydrogens is 268 g/mol. The van der Waals surface area contributed by atoms with Crippen LogP contribution in [0.15, 0.2) is 0 Å². The van der Waals surface area contributed by atoms with Gasteiger partial charge >= 0.3 is 0 Å². The summed E-state index contributed by atoms with van der Waals surface area (Å²) in [6.45, 7) is 17.0. The van der Waals surface area contributed by atoms with E-state index in [1.54, 1.807) is 0 Å². The van der Waals surface area contributed by atoms with Crippen LogP contribution in [-0.2, 0) is 0 Å². The van der Waals surface area contributed by atoms with Crippen molar-refractivity contribution < 1.29 is 0 Å². The van der Waals surface area contributed by atoms with E-state index >= 15 is 0 Å². The average Bonchev–Trinajstić information content (AvgIpc) is 2.50. The van der Waals surface area contributed by atoms with Gasteiger partial charge in [0, 0.05) is 0 Å². The smallest absolute Gasteiger partial charge is 0.00187 e. The summed E-state index contributed by atoms with van der Waals surface area (Å²) in [5, 5.41) is 0. The maximum atomic E-state index is 2.65. The molecule has 0 heterocycles. The molecule has 0 saturated carbocycles. The summed E-state index contributed by atoms with van der Waals surface area (Å²) in [7, 11) is 0. The fourth-order valence-corrected chi connectivity index (χ4v) is 3.31. The van der Waals surface area contributed by atoms with E-state index in [9.17, 15) is 0 Å². The van der Waals surface area contributed by atoms with Crippen LogP contribution in [0.25, 0.3) is 0 Å². The van der Waals surface area contributed by atoms with Gasteiger partial charge in [-0.2, -0.15) is 0 Å². The van der Waals surface area contributed by atoms with Crippen molar-refractivity contribution in [2.75, 3.05) is 39.3 Å². The van der Waals surface area contributed by atoms with Crippen LogP contribution in [0.2, 0.25) is 0 Å². The Morgan fingerprint density at radius 3 is 0.909 bits per heavy atom. The van der Waals surface area contributed by atoms with Crippen molar-refractivity contribution in [3.8, 4) is 0 Å². The minimum atomic E-state index is 1.29. The monoisotopic (exact) mass is 312 g/mol. The van der Waals surface area contributed by atoms with Crippen LogP contribution >= 0.6 is 0 Å². The SMILES string of the molecule is CCCN(CCC)CCCCCCCCN(CCC)CCC. The van der Waals surface area contributed by atoms with Crippen LogP contribution in [0.3, 0.4) is 0 Å². The quantitative estimate of drug-likeness (QED) is 0.324. The molecule has 0 aliphatic rings. The predicted molar refractivity (Wildman–Crippen MR) is 102 cm³/mol. The van der Waals surface area contributed by atoms with Gasteiger partial charge in [0.1, 0.15) is 0 Å². The predicted octanol–water partition coefficient (Wildman–Crippen LogP) is 5.57. The highest BCUT2D eigenvalue weighted by Gasteiger charge is 2.03. The van der Waals surface area contributed by atoms with Crippen molar-refractivity contribution in [3.05, 3.63) is 0 Å². The van der Waals surface area contributed by atoms with Crippen molar-refractivity contribution in [3.63, 3.8) is 0 Å². The van der Waals surface area contributed by atoms with E-state index < -0.39 is 0 Å². The molecule has 0 atom stereocenters. The van der Waals surface area contributed by atoms with Gasteiger partial charge in [-0.05, 0) is 77.8 Å². The Labute approximate surface area is 141 Å². The first kappa shape index (κ1) is 21.9. The highest BCUT2D eigenvalue weighted by atomic mass is 15.1. The largest absolute Gasteiger partial charge is 0.303 e. The molecular formula is C20H44N2. The zero-order valence-corrected chi connectivity index (χ0v) is 16.2. The Morgan fingerprint density at radius 1 is 0.364 bits per heavy atom. The zero-order chi connectivity index (χ0) is 16.5. The third-order valence-electron chi connectivity index (χ3n) is 4.36. The standard InChI is InChI=1S/C20H44N2/c1-5-15-21(16-6-2)19-13-11-9-10-12-14-20-22(17-7-3)18-8-4/h5-20H2,1-4H3. The molecule has 0 bridgehead atoms. The lowest BCUT2D eigenvalue weighted by Gasteiger charge is -2.21. The van der Waals surface area contributed by atoms with Gasteiger partial charge in [-0.25, -0.2) is 0 Å². The zero-order valence-electron chi connectivity index (χ0n) is 16.2. The molecule has 0 spiro atoms. The van der Waals surface area contributed by atoms with Crippen LogP contribution in [0, 0.1) is 0 Å². The van der Waals surface area contributed by atoms with E-state index in [1.165, 1.54) is 103 Å². The lowest BCUT2D eigenvalue weighted by Crippen LogP contribution is -2.26. The highest BCUT2D eigenvalue weighted by Crippen LogP contribution is 2.08. The number of hydrogen-bond acceptors (Lipinski definition) is 2. The third-order valence-corrected chi connectivity index (χ3v) is 4.36. The molecule has 0 fully saturated rings. The molecule has 0 radical (unpaired) electrons. The van der Waals surface area contributed by atoms with E-state index in [0.29, 0.717) is 0 Å². The van der Waals surface area contributed by atoms with Crippen molar-refractivity contribution >= 4 is 0 Å². The summed E-state index contributed by atoms with van der Waals surface area (Å²) in [4.78, 5) is 5.29. The summed E-state index contributed by atoms with van der Waals surface area (Å²) in [6.07, 6.45) is 13.7. The Balaban J connectivity index is 3.44. The number of rotatable bonds is 17. The fraction of sp³-hybridized carbons (Fsp3) is 1.00. The molecule has 134 valence electrons. The molecule has 0 aromatic rings. The van der Waals surface area contributed by atoms with Gasteiger partial charge in [-0.1, -0.05) is 53.4 Å². The van der Waals surface area contributed by atoms with E-state index in [4.69, 9.17) is 0 Å². The summed E-state index contributed by atoms with van der Waals surface area (Å²) in [5.74, 6) is 0. The average molecular weight is 313 g/mol. The highest BCUT2D eigenvalue weighted by molar-refractivity contribution is 4.58. The molecule has 0 aliphatic carbocycles. The Hall–Kier alpha value is -0.0800. The van der Waals surface area contributed by atoms with Crippen molar-refractivity contribution in [1.82, 2.24) is 9.80 Å². The molecule has 0 aromatic heterocycles. The third kappa shape index (κ3) is 13.6. The van der Waals surface area contributed by atoms with E-state index in [1.807, 2.05) is 0 Å². The summed E-state index contributed by atoms with van der Waals surface area (Å²) in [5.41, 5.74) is 0. The van der Waals surface area contributed by atoms with E-state index in [-0.39, 0.29) is 0 Å². The number of hydrogen-bond donors (Lipinski definition) is 0. The summed E-state index contributed by atoms with van der Waals surface area (Å²) in [6, 6.07) is 0. The van der Waals surface area contributed by atoms with Crippen molar-refractivity contribution in [2.24, 2.45) is 0 Å². The Bertz CT molecular complexity index is 172. The van der Waals surface area contributed by atoms with Crippen LogP contribution in [0.4, 0.5) is 0 Å². The molecule has 0 saturated heterocycles. The second-order valence-electron chi connectivity index (χ2n) is 6.80. The van der Waals surface area contributed by atoms with Crippen LogP contribution in [-0.4, -0.2) is 49.1 Å². The molecule has 0 rings (SSSR count). The minimum Gasteiger partial charge on any atom is -0.303 e. The maximum Gasteiger partial charge on any atom is -0.00187 e. The maximum absolute atomic E-state index is 2.65. The van der Waals surface area contributed by atoms with Crippen molar-refractivity contribution in [2.45, 2.75) is 91.9 Å². The molecule has 2 nitrogen and oxygen atoms in total. The Morgan fingerprint density at radius 2 is 0.636 bits per heavy atom. The first-order valence-electron chi connectivity index (χ1n) is 10.2. The fourth-order valence-electron chi connectivity index (χ4n) is 3.31. The summed E-state index contributed by atoms with van der Waals surface area (Å²) >= 11 is 0. The topological polar surface area (TPSA) is 6.48 Å². The molecule has 0 amide bonds. The first-order chi connectivity index (χ1) is 10.8. The molecule has 0 unspecified atom stereocenters. The van der Waals surface area contributed by atoms with Crippen molar-refractivity contribution in [1.29, 1.82) is 0 Å². The number of unbranched alkanes of at least 4 members (excludes halogenated alkanes) is 5. The van der Waals surface area contributed by atoms with Gasteiger partial charge in [-0.15, -0.1) is 0 Å². The van der Waals surface area contributed by atoms with Gasteiger partial charge in [0.15, 0.2) is 0 Å². The normalized spacial score (nSPS) is 11.7. The molecule has 0 aromatic carbocycles. The molecule has 22 heavy (non-hydrogen) atoms. The molecule has 0 aliphatic heterocycles. The lowest BCUT2D eigenvalue weighted by atomic mass is 10.1. The van der Waals surface area contributed by atoms with Gasteiger partial charge in [-0.3, -0.25) is 0 Å². The number of nitrogens with zero attached hydrogens (tertiary/aromatic N) is 2. The second kappa shape index (κ2) is 17.3. The van der Waals surface area contributed by atoms with E-state index in [0.717, 1.165) is 0 Å². The first-order valence-corrected chi connectivity index (χ1v) is 10.2. The second-order valence-corrected chi connectivity index (χ2v) is 6.80. The summed E-state index contributed by atoms with van der Waals surface area (Å²) < 4.78 is 0. The van der Waals surface area contributed by atoms with Gasteiger partial charge in [0.2, 0.25) is 0 Å². The van der Waals surface area contributed by atoms with Gasteiger partial charge < -0.3 is 9.80 Å². The van der Waals surface area contributed by atoms with Crippen LogP contribution in [0.1, 0.15) is 91.9 Å². The lowest BCUT2D eigenvalue weighted by molar-refractivity contribution is 0.263. The molecule has 2 heteroatoms. The van der Waals surface area contributed by atoms with Gasteiger partial charge in [0.05, 0.1) is 0 Å². The van der Waals surface area contributed by atoms with Crippen LogP contribution < -0.4 is 0 Å². The minimum absolute atomic E-state index is 1.29. The Kier molecular flexibility index (Phi) is 17.2. The van der Waals surface area contributed by atoms with Gasteiger partial charge in [0.25, 0.3) is 0 Å².